The zero-order valence-corrected chi connectivity index (χ0v) is 14.6. The highest BCUT2D eigenvalue weighted by atomic mass is 16.5. The maximum Gasteiger partial charge on any atom is 0.178 e. The molecule has 0 spiro atoms. The lowest BCUT2D eigenvalue weighted by Gasteiger charge is -2.42. The van der Waals surface area contributed by atoms with Crippen LogP contribution in [0.2, 0.25) is 0 Å². The van der Waals surface area contributed by atoms with Gasteiger partial charge < -0.3 is 9.64 Å². The van der Waals surface area contributed by atoms with Crippen LogP contribution in [0.15, 0.2) is 35.5 Å². The highest BCUT2D eigenvalue weighted by molar-refractivity contribution is 5.71. The van der Waals surface area contributed by atoms with Crippen LogP contribution in [0.25, 0.3) is 0 Å². The summed E-state index contributed by atoms with van der Waals surface area (Å²) < 4.78 is 5.73. The number of nitrogens with zero attached hydrogens (tertiary/aromatic N) is 4. The number of allylic oxidation sites excluding steroid dienone is 1. The van der Waals surface area contributed by atoms with Crippen LogP contribution in [0.5, 0.6) is 5.75 Å². The van der Waals surface area contributed by atoms with Gasteiger partial charge in [-0.3, -0.25) is 14.8 Å². The van der Waals surface area contributed by atoms with E-state index in [9.17, 15) is 0 Å². The highest BCUT2D eigenvalue weighted by Crippen LogP contribution is 2.31. The molecular formula is C19H26N4O. The lowest BCUT2D eigenvalue weighted by molar-refractivity contribution is 0.0311. The number of benzene rings is 1. The van der Waals surface area contributed by atoms with Crippen molar-refractivity contribution in [3.8, 4) is 5.75 Å². The molecule has 0 N–H and O–H groups in total. The topological polar surface area (TPSA) is 31.3 Å². The molecule has 2 unspecified atom stereocenters. The Morgan fingerprint density at radius 1 is 1.21 bits per heavy atom. The Kier molecular flexibility index (Phi) is 4.29. The van der Waals surface area contributed by atoms with Crippen LogP contribution in [0, 0.1) is 0 Å². The molecule has 1 aromatic carbocycles. The van der Waals surface area contributed by atoms with E-state index in [0.29, 0.717) is 6.04 Å². The van der Waals surface area contributed by atoms with Crippen molar-refractivity contribution >= 4 is 6.21 Å². The van der Waals surface area contributed by atoms with E-state index in [0.717, 1.165) is 45.0 Å². The largest absolute Gasteiger partial charge is 0.493 e. The molecule has 3 aliphatic rings. The second kappa shape index (κ2) is 6.57. The highest BCUT2D eigenvalue weighted by Gasteiger charge is 2.28. The van der Waals surface area contributed by atoms with Gasteiger partial charge in [-0.25, -0.2) is 0 Å². The van der Waals surface area contributed by atoms with Crippen LogP contribution in [0.1, 0.15) is 24.1 Å². The van der Waals surface area contributed by atoms with Gasteiger partial charge in [0.1, 0.15) is 5.75 Å². The molecule has 0 amide bonds. The molecule has 128 valence electrons. The molecular weight excluding hydrogens is 300 g/mol. The summed E-state index contributed by atoms with van der Waals surface area (Å²) in [7, 11) is 2.09. The summed E-state index contributed by atoms with van der Waals surface area (Å²) in [6.45, 7) is 7.37. The van der Waals surface area contributed by atoms with E-state index in [-0.39, 0.29) is 6.29 Å². The van der Waals surface area contributed by atoms with Crippen molar-refractivity contribution in [1.29, 1.82) is 0 Å². The Morgan fingerprint density at radius 2 is 2.04 bits per heavy atom. The Balaban J connectivity index is 1.38. The Bertz CT molecular complexity index is 649. The number of fused-ring (bicyclic) bond motifs is 1. The SMILES string of the molecule is CC(c1ccc2c(c1)OCC2)N1CCN(C2N=CC=CN2C)CC1. The number of rotatable bonds is 3. The number of piperazine rings is 1. The summed E-state index contributed by atoms with van der Waals surface area (Å²) >= 11 is 0. The molecule has 0 aliphatic carbocycles. The average molecular weight is 326 g/mol. The summed E-state index contributed by atoms with van der Waals surface area (Å²) in [6.07, 6.45) is 7.19. The zero-order valence-electron chi connectivity index (χ0n) is 14.6. The first kappa shape index (κ1) is 15.7. The molecule has 0 bridgehead atoms. The van der Waals surface area contributed by atoms with Gasteiger partial charge in [-0.1, -0.05) is 12.1 Å². The Labute approximate surface area is 144 Å². The van der Waals surface area contributed by atoms with Gasteiger partial charge in [-0.2, -0.15) is 0 Å². The van der Waals surface area contributed by atoms with E-state index < -0.39 is 0 Å². The predicted octanol–water partition coefficient (Wildman–Crippen LogP) is 2.11. The van der Waals surface area contributed by atoms with E-state index in [2.05, 4.69) is 58.1 Å². The summed E-state index contributed by atoms with van der Waals surface area (Å²) in [5.74, 6) is 1.09. The molecule has 3 heterocycles. The maximum atomic E-state index is 5.73. The fourth-order valence-electron chi connectivity index (χ4n) is 3.84. The third kappa shape index (κ3) is 2.94. The minimum atomic E-state index is 0.154. The van der Waals surface area contributed by atoms with Crippen LogP contribution >= 0.6 is 0 Å². The van der Waals surface area contributed by atoms with Crippen molar-refractivity contribution in [1.82, 2.24) is 14.7 Å². The third-order valence-corrected chi connectivity index (χ3v) is 5.42. The van der Waals surface area contributed by atoms with Crippen LogP contribution in [-0.2, 0) is 6.42 Å². The first-order valence-electron chi connectivity index (χ1n) is 8.88. The number of hydrogen-bond donors (Lipinski definition) is 0. The molecule has 24 heavy (non-hydrogen) atoms. The van der Waals surface area contributed by atoms with Gasteiger partial charge in [-0.05, 0) is 30.2 Å². The van der Waals surface area contributed by atoms with Gasteiger partial charge in [0.15, 0.2) is 6.29 Å². The molecule has 1 fully saturated rings. The molecule has 0 saturated carbocycles. The van der Waals surface area contributed by atoms with Gasteiger partial charge in [0.2, 0.25) is 0 Å². The van der Waals surface area contributed by atoms with Gasteiger partial charge in [0.25, 0.3) is 0 Å². The Hall–Kier alpha value is -1.85. The molecule has 1 saturated heterocycles. The van der Waals surface area contributed by atoms with Crippen LogP contribution in [0.3, 0.4) is 0 Å². The van der Waals surface area contributed by atoms with Crippen molar-refractivity contribution < 1.29 is 4.74 Å². The number of hydrogen-bond acceptors (Lipinski definition) is 5. The van der Waals surface area contributed by atoms with Gasteiger partial charge in [0, 0.05) is 58.1 Å². The predicted molar refractivity (Wildman–Crippen MR) is 96.4 cm³/mol. The third-order valence-electron chi connectivity index (χ3n) is 5.42. The monoisotopic (exact) mass is 326 g/mol. The molecule has 3 aliphatic heterocycles. The summed E-state index contributed by atoms with van der Waals surface area (Å²) in [4.78, 5) is 11.8. The van der Waals surface area contributed by atoms with Crippen molar-refractivity contribution in [3.63, 3.8) is 0 Å². The lowest BCUT2D eigenvalue weighted by atomic mass is 10.0. The smallest absolute Gasteiger partial charge is 0.178 e. The number of aliphatic imine (C=N–C) groups is 1. The molecule has 5 nitrogen and oxygen atoms in total. The van der Waals surface area contributed by atoms with Crippen molar-refractivity contribution in [2.75, 3.05) is 39.8 Å². The quantitative estimate of drug-likeness (QED) is 0.851. The standard InChI is InChI=1S/C19H26N4O/c1-15(17-5-4-16-6-13-24-18(16)14-17)22-9-11-23(12-10-22)19-20-7-3-8-21(19)2/h3-5,7-8,14-15,19H,6,9-13H2,1-2H3. The van der Waals surface area contributed by atoms with Crippen LogP contribution < -0.4 is 4.74 Å². The Morgan fingerprint density at radius 3 is 2.83 bits per heavy atom. The molecule has 5 heteroatoms. The number of ether oxygens (including phenoxy) is 1. The van der Waals surface area contributed by atoms with E-state index in [1.807, 2.05) is 12.3 Å². The molecule has 0 aromatic heterocycles. The summed E-state index contributed by atoms with van der Waals surface area (Å²) in [6, 6.07) is 7.18. The van der Waals surface area contributed by atoms with E-state index in [4.69, 9.17) is 4.74 Å². The normalized spacial score (nSPS) is 25.6. The van der Waals surface area contributed by atoms with Crippen LogP contribution in [0.4, 0.5) is 0 Å². The van der Waals surface area contributed by atoms with Gasteiger partial charge >= 0.3 is 0 Å². The van der Waals surface area contributed by atoms with E-state index in [1.165, 1.54) is 11.1 Å². The van der Waals surface area contributed by atoms with Crippen molar-refractivity contribution in [3.05, 3.63) is 41.6 Å². The summed E-state index contributed by atoms with van der Waals surface area (Å²) in [5.41, 5.74) is 2.71. The second-order valence-corrected chi connectivity index (χ2v) is 6.87. The first-order chi connectivity index (χ1) is 11.7. The van der Waals surface area contributed by atoms with Gasteiger partial charge in [-0.15, -0.1) is 0 Å². The van der Waals surface area contributed by atoms with Crippen molar-refractivity contribution in [2.45, 2.75) is 25.7 Å². The molecule has 1 aromatic rings. The minimum Gasteiger partial charge on any atom is -0.493 e. The molecule has 0 radical (unpaired) electrons. The molecule has 4 rings (SSSR count). The average Bonchev–Trinajstić information content (AvgIpc) is 3.09. The minimum absolute atomic E-state index is 0.154. The van der Waals surface area contributed by atoms with Crippen molar-refractivity contribution in [2.24, 2.45) is 4.99 Å². The second-order valence-electron chi connectivity index (χ2n) is 6.87. The van der Waals surface area contributed by atoms with Gasteiger partial charge in [0.05, 0.1) is 6.61 Å². The first-order valence-corrected chi connectivity index (χ1v) is 8.88. The van der Waals surface area contributed by atoms with Crippen LogP contribution in [-0.4, -0.2) is 67.0 Å². The zero-order chi connectivity index (χ0) is 16.5. The summed E-state index contributed by atoms with van der Waals surface area (Å²) in [5, 5.41) is 0. The lowest BCUT2D eigenvalue weighted by Crippen LogP contribution is -2.54. The fourth-order valence-corrected chi connectivity index (χ4v) is 3.84. The maximum absolute atomic E-state index is 5.73. The van der Waals surface area contributed by atoms with E-state index in [1.54, 1.807) is 0 Å². The molecule has 2 atom stereocenters. The van der Waals surface area contributed by atoms with E-state index >= 15 is 0 Å². The fraction of sp³-hybridized carbons (Fsp3) is 0.526.